The SMILES string of the molecule is Cc1cccc(-c2cccnc2-c2ccc3c(c2)N=CC3)n1. The molecule has 3 aromatic rings. The highest BCUT2D eigenvalue weighted by Crippen LogP contribution is 2.34. The number of pyridine rings is 2. The van der Waals surface area contributed by atoms with Gasteiger partial charge in [-0.2, -0.15) is 0 Å². The Morgan fingerprint density at radius 1 is 1.00 bits per heavy atom. The number of rotatable bonds is 2. The summed E-state index contributed by atoms with van der Waals surface area (Å²) in [5.74, 6) is 0. The molecule has 22 heavy (non-hydrogen) atoms. The second-order valence-corrected chi connectivity index (χ2v) is 5.42. The molecule has 1 aliphatic heterocycles. The quantitative estimate of drug-likeness (QED) is 0.701. The predicted octanol–water partition coefficient (Wildman–Crippen LogP) is 4.38. The van der Waals surface area contributed by atoms with Gasteiger partial charge < -0.3 is 0 Å². The van der Waals surface area contributed by atoms with Crippen LogP contribution in [0.2, 0.25) is 0 Å². The molecular formula is C19H15N3. The third kappa shape index (κ3) is 2.21. The molecule has 3 heteroatoms. The van der Waals surface area contributed by atoms with Crippen LogP contribution in [0.25, 0.3) is 22.5 Å². The normalized spacial score (nSPS) is 12.4. The van der Waals surface area contributed by atoms with E-state index >= 15 is 0 Å². The van der Waals surface area contributed by atoms with E-state index in [0.717, 1.165) is 40.3 Å². The Balaban J connectivity index is 1.88. The van der Waals surface area contributed by atoms with Crippen LogP contribution in [0.4, 0.5) is 5.69 Å². The maximum absolute atomic E-state index is 4.63. The van der Waals surface area contributed by atoms with Crippen molar-refractivity contribution in [2.45, 2.75) is 13.3 Å². The zero-order valence-corrected chi connectivity index (χ0v) is 12.3. The van der Waals surface area contributed by atoms with Gasteiger partial charge >= 0.3 is 0 Å². The lowest BCUT2D eigenvalue weighted by molar-refractivity contribution is 1.20. The van der Waals surface area contributed by atoms with Crippen LogP contribution in [-0.4, -0.2) is 16.2 Å². The Hall–Kier alpha value is -2.81. The molecule has 0 unspecified atom stereocenters. The summed E-state index contributed by atoms with van der Waals surface area (Å²) >= 11 is 0. The van der Waals surface area contributed by atoms with Crippen molar-refractivity contribution in [2.24, 2.45) is 4.99 Å². The summed E-state index contributed by atoms with van der Waals surface area (Å²) in [7, 11) is 0. The third-order valence-corrected chi connectivity index (χ3v) is 3.87. The fourth-order valence-electron chi connectivity index (χ4n) is 2.78. The molecule has 2 aromatic heterocycles. The van der Waals surface area contributed by atoms with Crippen LogP contribution in [0.3, 0.4) is 0 Å². The van der Waals surface area contributed by atoms with E-state index in [1.807, 2.05) is 43.6 Å². The summed E-state index contributed by atoms with van der Waals surface area (Å²) in [6.07, 6.45) is 4.70. The van der Waals surface area contributed by atoms with E-state index < -0.39 is 0 Å². The molecular weight excluding hydrogens is 270 g/mol. The topological polar surface area (TPSA) is 38.1 Å². The van der Waals surface area contributed by atoms with Gasteiger partial charge in [0.1, 0.15) is 0 Å². The number of fused-ring (bicyclic) bond motifs is 1. The molecule has 0 N–H and O–H groups in total. The highest BCUT2D eigenvalue weighted by molar-refractivity contribution is 5.83. The van der Waals surface area contributed by atoms with E-state index in [-0.39, 0.29) is 0 Å². The third-order valence-electron chi connectivity index (χ3n) is 3.87. The van der Waals surface area contributed by atoms with Gasteiger partial charge in [0.15, 0.2) is 0 Å². The summed E-state index contributed by atoms with van der Waals surface area (Å²) < 4.78 is 0. The van der Waals surface area contributed by atoms with E-state index in [1.165, 1.54) is 5.56 Å². The van der Waals surface area contributed by atoms with Crippen molar-refractivity contribution < 1.29 is 0 Å². The first-order chi connectivity index (χ1) is 10.8. The van der Waals surface area contributed by atoms with Gasteiger partial charge in [-0.1, -0.05) is 18.2 Å². The summed E-state index contributed by atoms with van der Waals surface area (Å²) in [6, 6.07) is 16.5. The van der Waals surface area contributed by atoms with Crippen LogP contribution in [0.15, 0.2) is 59.7 Å². The first kappa shape index (κ1) is 12.9. The van der Waals surface area contributed by atoms with E-state index in [0.29, 0.717) is 0 Å². The lowest BCUT2D eigenvalue weighted by Gasteiger charge is -2.10. The van der Waals surface area contributed by atoms with Crippen LogP contribution in [-0.2, 0) is 6.42 Å². The minimum Gasteiger partial charge on any atom is -0.261 e. The van der Waals surface area contributed by atoms with E-state index in [9.17, 15) is 0 Å². The average Bonchev–Trinajstić information content (AvgIpc) is 3.02. The molecule has 0 saturated heterocycles. The van der Waals surface area contributed by atoms with E-state index in [4.69, 9.17) is 0 Å². The highest BCUT2D eigenvalue weighted by Gasteiger charge is 2.13. The molecule has 4 rings (SSSR count). The summed E-state index contributed by atoms with van der Waals surface area (Å²) in [4.78, 5) is 13.7. The fourth-order valence-corrected chi connectivity index (χ4v) is 2.78. The van der Waals surface area contributed by atoms with E-state index in [1.54, 1.807) is 0 Å². The summed E-state index contributed by atoms with van der Waals surface area (Å²) in [5, 5.41) is 0. The lowest BCUT2D eigenvalue weighted by atomic mass is 10.0. The van der Waals surface area contributed by atoms with Crippen LogP contribution >= 0.6 is 0 Å². The number of hydrogen-bond donors (Lipinski definition) is 0. The first-order valence-corrected chi connectivity index (χ1v) is 7.36. The van der Waals surface area contributed by atoms with Crippen molar-refractivity contribution in [2.75, 3.05) is 0 Å². The van der Waals surface area contributed by atoms with Gasteiger partial charge in [0.25, 0.3) is 0 Å². The molecule has 0 fully saturated rings. The minimum absolute atomic E-state index is 0.921. The number of nitrogens with zero attached hydrogens (tertiary/aromatic N) is 3. The monoisotopic (exact) mass is 285 g/mol. The smallest absolute Gasteiger partial charge is 0.0796 e. The Morgan fingerprint density at radius 3 is 2.86 bits per heavy atom. The summed E-state index contributed by atoms with van der Waals surface area (Å²) in [6.45, 7) is 2.00. The molecule has 3 nitrogen and oxygen atoms in total. The molecule has 0 radical (unpaired) electrons. The van der Waals surface area contributed by atoms with Crippen molar-refractivity contribution in [1.29, 1.82) is 0 Å². The van der Waals surface area contributed by atoms with Crippen molar-refractivity contribution in [3.8, 4) is 22.5 Å². The second kappa shape index (κ2) is 5.19. The second-order valence-electron chi connectivity index (χ2n) is 5.42. The molecule has 1 aliphatic rings. The molecule has 0 saturated carbocycles. The van der Waals surface area contributed by atoms with Gasteiger partial charge in [-0.25, -0.2) is 0 Å². The highest BCUT2D eigenvalue weighted by atomic mass is 14.8. The van der Waals surface area contributed by atoms with Crippen LogP contribution in [0.5, 0.6) is 0 Å². The predicted molar refractivity (Wildman–Crippen MR) is 89.5 cm³/mol. The first-order valence-electron chi connectivity index (χ1n) is 7.36. The van der Waals surface area contributed by atoms with Crippen LogP contribution in [0, 0.1) is 6.92 Å². The molecule has 0 spiro atoms. The van der Waals surface area contributed by atoms with E-state index in [2.05, 4.69) is 39.2 Å². The average molecular weight is 285 g/mol. The Labute approximate surface area is 129 Å². The Bertz CT molecular complexity index is 881. The van der Waals surface area contributed by atoms with Crippen LogP contribution < -0.4 is 0 Å². The molecule has 0 bridgehead atoms. The van der Waals surface area contributed by atoms with Gasteiger partial charge in [-0.3, -0.25) is 15.0 Å². The number of aliphatic imine (C=N–C) groups is 1. The minimum atomic E-state index is 0.921. The largest absolute Gasteiger partial charge is 0.261 e. The standard InChI is InChI=1S/C19H15N3/c1-13-4-2-6-17(22-13)16-5-3-10-21-19(16)15-8-7-14-9-11-20-18(14)12-15/h2-8,10-12H,9H2,1H3. The molecule has 0 atom stereocenters. The number of aryl methyl sites for hydroxylation is 1. The number of hydrogen-bond acceptors (Lipinski definition) is 3. The van der Waals surface area contributed by atoms with Crippen molar-refractivity contribution in [1.82, 2.24) is 9.97 Å². The lowest BCUT2D eigenvalue weighted by Crippen LogP contribution is -1.92. The maximum atomic E-state index is 4.63. The zero-order chi connectivity index (χ0) is 14.9. The molecule has 1 aromatic carbocycles. The maximum Gasteiger partial charge on any atom is 0.0796 e. The molecule has 3 heterocycles. The van der Waals surface area contributed by atoms with Crippen molar-refractivity contribution in [3.63, 3.8) is 0 Å². The molecule has 0 aliphatic carbocycles. The van der Waals surface area contributed by atoms with Gasteiger partial charge in [-0.15, -0.1) is 0 Å². The van der Waals surface area contributed by atoms with Crippen molar-refractivity contribution in [3.05, 3.63) is 66.0 Å². The van der Waals surface area contributed by atoms with Gasteiger partial charge in [0.05, 0.1) is 17.1 Å². The Kier molecular flexibility index (Phi) is 3.04. The summed E-state index contributed by atoms with van der Waals surface area (Å²) in [5.41, 5.74) is 7.36. The number of aromatic nitrogens is 2. The Morgan fingerprint density at radius 2 is 1.95 bits per heavy atom. The van der Waals surface area contributed by atoms with Gasteiger partial charge in [0, 0.05) is 35.7 Å². The number of benzene rings is 1. The van der Waals surface area contributed by atoms with Gasteiger partial charge in [0.2, 0.25) is 0 Å². The van der Waals surface area contributed by atoms with Crippen molar-refractivity contribution >= 4 is 11.9 Å². The van der Waals surface area contributed by atoms with Gasteiger partial charge in [-0.05, 0) is 42.8 Å². The zero-order valence-electron chi connectivity index (χ0n) is 12.3. The fraction of sp³-hybridized carbons (Fsp3) is 0.105. The van der Waals surface area contributed by atoms with Crippen LogP contribution in [0.1, 0.15) is 11.3 Å². The molecule has 106 valence electrons. The molecule has 0 amide bonds.